The summed E-state index contributed by atoms with van der Waals surface area (Å²) in [5.74, 6) is 0.822. The van der Waals surface area contributed by atoms with Crippen LogP contribution in [-0.4, -0.2) is 25.3 Å². The minimum absolute atomic E-state index is 0.486. The second-order valence-corrected chi connectivity index (χ2v) is 5.25. The van der Waals surface area contributed by atoms with E-state index in [0.29, 0.717) is 18.2 Å². The van der Waals surface area contributed by atoms with Crippen LogP contribution >= 0.6 is 0 Å². The van der Waals surface area contributed by atoms with Gasteiger partial charge in [0.1, 0.15) is 0 Å². The van der Waals surface area contributed by atoms with E-state index in [9.17, 15) is 0 Å². The molecule has 1 aliphatic rings. The van der Waals surface area contributed by atoms with E-state index in [1.54, 1.807) is 0 Å². The van der Waals surface area contributed by atoms with E-state index in [4.69, 9.17) is 4.74 Å². The second kappa shape index (κ2) is 7.29. The standard InChI is InChI=1S/C14H29NO/c1-5-12(6-2)11(3)15-13-8-7-9-14(10-13)16-4/h11-15H,5-10H2,1-4H3. The van der Waals surface area contributed by atoms with Gasteiger partial charge in [-0.3, -0.25) is 0 Å². The molecule has 0 saturated heterocycles. The molecule has 0 spiro atoms. The molecule has 16 heavy (non-hydrogen) atoms. The van der Waals surface area contributed by atoms with Crippen LogP contribution in [0.3, 0.4) is 0 Å². The van der Waals surface area contributed by atoms with Gasteiger partial charge in [-0.15, -0.1) is 0 Å². The number of methoxy groups -OCH3 is 1. The number of hydrogen-bond donors (Lipinski definition) is 1. The number of rotatable bonds is 6. The normalized spacial score (nSPS) is 28.3. The monoisotopic (exact) mass is 227 g/mol. The van der Waals surface area contributed by atoms with Gasteiger partial charge in [-0.2, -0.15) is 0 Å². The average molecular weight is 227 g/mol. The van der Waals surface area contributed by atoms with Crippen LogP contribution in [0.4, 0.5) is 0 Å². The van der Waals surface area contributed by atoms with Gasteiger partial charge in [0.2, 0.25) is 0 Å². The lowest BCUT2D eigenvalue weighted by atomic mass is 9.89. The summed E-state index contributed by atoms with van der Waals surface area (Å²) in [5.41, 5.74) is 0. The van der Waals surface area contributed by atoms with Crippen LogP contribution < -0.4 is 5.32 Å². The van der Waals surface area contributed by atoms with Crippen molar-refractivity contribution in [3.05, 3.63) is 0 Å². The van der Waals surface area contributed by atoms with Crippen LogP contribution in [0.25, 0.3) is 0 Å². The quantitative estimate of drug-likeness (QED) is 0.751. The van der Waals surface area contributed by atoms with E-state index >= 15 is 0 Å². The van der Waals surface area contributed by atoms with E-state index in [1.807, 2.05) is 7.11 Å². The summed E-state index contributed by atoms with van der Waals surface area (Å²) in [5, 5.41) is 3.81. The van der Waals surface area contributed by atoms with E-state index in [1.165, 1.54) is 38.5 Å². The maximum Gasteiger partial charge on any atom is 0.0586 e. The lowest BCUT2D eigenvalue weighted by molar-refractivity contribution is 0.0556. The molecule has 3 unspecified atom stereocenters. The van der Waals surface area contributed by atoms with Crippen molar-refractivity contribution in [2.24, 2.45) is 5.92 Å². The van der Waals surface area contributed by atoms with Crippen LogP contribution in [0.15, 0.2) is 0 Å². The predicted octanol–water partition coefficient (Wildman–Crippen LogP) is 3.36. The van der Waals surface area contributed by atoms with E-state index in [0.717, 1.165) is 5.92 Å². The molecular weight excluding hydrogens is 198 g/mol. The van der Waals surface area contributed by atoms with Gasteiger partial charge in [-0.1, -0.05) is 26.7 Å². The molecule has 1 aliphatic carbocycles. The summed E-state index contributed by atoms with van der Waals surface area (Å²) in [6.07, 6.45) is 8.13. The lowest BCUT2D eigenvalue weighted by Crippen LogP contribution is -2.44. The highest BCUT2D eigenvalue weighted by atomic mass is 16.5. The van der Waals surface area contributed by atoms with Crippen molar-refractivity contribution in [2.45, 2.75) is 77.5 Å². The smallest absolute Gasteiger partial charge is 0.0586 e. The van der Waals surface area contributed by atoms with Crippen molar-refractivity contribution < 1.29 is 4.74 Å². The summed E-state index contributed by atoms with van der Waals surface area (Å²) >= 11 is 0. The molecule has 2 heteroatoms. The van der Waals surface area contributed by atoms with Gasteiger partial charge < -0.3 is 10.1 Å². The molecule has 1 saturated carbocycles. The number of ether oxygens (including phenoxy) is 1. The van der Waals surface area contributed by atoms with Crippen LogP contribution in [0.2, 0.25) is 0 Å². The fraction of sp³-hybridized carbons (Fsp3) is 1.00. The van der Waals surface area contributed by atoms with Crippen molar-refractivity contribution in [3.63, 3.8) is 0 Å². The number of hydrogen-bond acceptors (Lipinski definition) is 2. The third kappa shape index (κ3) is 4.06. The van der Waals surface area contributed by atoms with Crippen molar-refractivity contribution in [1.29, 1.82) is 0 Å². The van der Waals surface area contributed by atoms with Gasteiger partial charge in [-0.25, -0.2) is 0 Å². The summed E-state index contributed by atoms with van der Waals surface area (Å²) in [6.45, 7) is 6.93. The fourth-order valence-electron chi connectivity index (χ4n) is 3.01. The Balaban J connectivity index is 2.34. The van der Waals surface area contributed by atoms with Crippen LogP contribution in [0, 0.1) is 5.92 Å². The summed E-state index contributed by atoms with van der Waals surface area (Å²) in [7, 11) is 1.84. The molecule has 0 aromatic rings. The largest absolute Gasteiger partial charge is 0.381 e. The highest BCUT2D eigenvalue weighted by Gasteiger charge is 2.24. The molecule has 0 aliphatic heterocycles. The van der Waals surface area contributed by atoms with E-state index in [2.05, 4.69) is 26.1 Å². The summed E-state index contributed by atoms with van der Waals surface area (Å²) < 4.78 is 5.48. The molecule has 2 nitrogen and oxygen atoms in total. The highest BCUT2D eigenvalue weighted by Crippen LogP contribution is 2.22. The Morgan fingerprint density at radius 3 is 2.50 bits per heavy atom. The molecular formula is C14H29NO. The van der Waals surface area contributed by atoms with Gasteiger partial charge in [0.15, 0.2) is 0 Å². The van der Waals surface area contributed by atoms with Crippen molar-refractivity contribution in [2.75, 3.05) is 7.11 Å². The molecule has 0 aromatic heterocycles. The zero-order valence-electron chi connectivity index (χ0n) is 11.5. The second-order valence-electron chi connectivity index (χ2n) is 5.25. The van der Waals surface area contributed by atoms with E-state index < -0.39 is 0 Å². The van der Waals surface area contributed by atoms with Crippen molar-refractivity contribution in [3.8, 4) is 0 Å². The Kier molecular flexibility index (Phi) is 6.37. The first-order valence-electron chi connectivity index (χ1n) is 7.00. The van der Waals surface area contributed by atoms with Gasteiger partial charge in [-0.05, 0) is 38.5 Å². The third-order valence-corrected chi connectivity index (χ3v) is 4.21. The highest BCUT2D eigenvalue weighted by molar-refractivity contribution is 4.82. The summed E-state index contributed by atoms with van der Waals surface area (Å²) in [6, 6.07) is 1.32. The third-order valence-electron chi connectivity index (χ3n) is 4.21. The lowest BCUT2D eigenvalue weighted by Gasteiger charge is -2.33. The summed E-state index contributed by atoms with van der Waals surface area (Å²) in [4.78, 5) is 0. The SMILES string of the molecule is CCC(CC)C(C)NC1CCCC(OC)C1. The maximum atomic E-state index is 5.48. The first kappa shape index (κ1) is 14.0. The predicted molar refractivity (Wildman–Crippen MR) is 69.7 cm³/mol. The van der Waals surface area contributed by atoms with Crippen LogP contribution in [-0.2, 0) is 4.74 Å². The first-order valence-corrected chi connectivity index (χ1v) is 7.00. The maximum absolute atomic E-state index is 5.48. The Morgan fingerprint density at radius 2 is 1.94 bits per heavy atom. The topological polar surface area (TPSA) is 21.3 Å². The molecule has 1 fully saturated rings. The van der Waals surface area contributed by atoms with Crippen molar-refractivity contribution in [1.82, 2.24) is 5.32 Å². The Morgan fingerprint density at radius 1 is 1.25 bits per heavy atom. The van der Waals surface area contributed by atoms with Gasteiger partial charge in [0, 0.05) is 19.2 Å². The zero-order valence-corrected chi connectivity index (χ0v) is 11.5. The molecule has 0 aromatic carbocycles. The minimum Gasteiger partial charge on any atom is -0.381 e. The fourth-order valence-corrected chi connectivity index (χ4v) is 3.01. The number of nitrogens with one attached hydrogen (secondary N) is 1. The van der Waals surface area contributed by atoms with Crippen molar-refractivity contribution >= 4 is 0 Å². The van der Waals surface area contributed by atoms with Crippen LogP contribution in [0.1, 0.15) is 59.3 Å². The molecule has 0 heterocycles. The molecule has 0 amide bonds. The zero-order chi connectivity index (χ0) is 12.0. The Bertz CT molecular complexity index is 180. The van der Waals surface area contributed by atoms with Gasteiger partial charge in [0.05, 0.1) is 6.10 Å². The molecule has 3 atom stereocenters. The minimum atomic E-state index is 0.486. The van der Waals surface area contributed by atoms with E-state index in [-0.39, 0.29) is 0 Å². The first-order chi connectivity index (χ1) is 7.71. The average Bonchev–Trinajstić information content (AvgIpc) is 2.31. The van der Waals surface area contributed by atoms with Crippen LogP contribution in [0.5, 0.6) is 0 Å². The Hall–Kier alpha value is -0.0800. The van der Waals surface area contributed by atoms with Gasteiger partial charge >= 0.3 is 0 Å². The molecule has 96 valence electrons. The molecule has 0 bridgehead atoms. The molecule has 1 N–H and O–H groups in total. The Labute approximate surface area is 101 Å². The van der Waals surface area contributed by atoms with Gasteiger partial charge in [0.25, 0.3) is 0 Å². The molecule has 1 rings (SSSR count). The molecule has 0 radical (unpaired) electrons.